The number of anilines is 1. The number of rotatable bonds is 5. The summed E-state index contributed by atoms with van der Waals surface area (Å²) in [5.74, 6) is 5.12. The minimum Gasteiger partial charge on any atom is -0.344 e. The largest absolute Gasteiger partial charge is 0.344 e. The van der Waals surface area contributed by atoms with E-state index in [1.165, 1.54) is 0 Å². The molecule has 5 heteroatoms. The van der Waals surface area contributed by atoms with Gasteiger partial charge in [0.25, 0.3) is 5.91 Å². The minimum atomic E-state index is -0.210. The van der Waals surface area contributed by atoms with Crippen LogP contribution in [0.2, 0.25) is 0 Å². The van der Waals surface area contributed by atoms with Crippen molar-refractivity contribution in [2.24, 2.45) is 5.84 Å². The molecule has 0 aliphatic rings. The highest BCUT2D eigenvalue weighted by Crippen LogP contribution is 2.17. The maximum absolute atomic E-state index is 12.2. The van der Waals surface area contributed by atoms with E-state index >= 15 is 0 Å². The van der Waals surface area contributed by atoms with Crippen molar-refractivity contribution in [1.29, 1.82) is 0 Å². The van der Waals surface area contributed by atoms with Gasteiger partial charge in [-0.1, -0.05) is 37.3 Å². The number of amides is 1. The van der Waals surface area contributed by atoms with Crippen molar-refractivity contribution in [3.63, 3.8) is 0 Å². The molecule has 4 N–H and O–H groups in total. The molecule has 1 amide bonds. The van der Waals surface area contributed by atoms with Crippen LogP contribution in [-0.4, -0.2) is 10.9 Å². The predicted octanol–water partition coefficient (Wildman–Crippen LogP) is 2.25. The second-order valence-corrected chi connectivity index (χ2v) is 4.42. The number of nitrogen functional groups attached to an aromatic ring is 1. The van der Waals surface area contributed by atoms with Crippen LogP contribution >= 0.6 is 0 Å². The fourth-order valence-corrected chi connectivity index (χ4v) is 1.98. The lowest BCUT2D eigenvalue weighted by atomic mass is 10.0. The second kappa shape index (κ2) is 6.68. The topological polar surface area (TPSA) is 80.0 Å². The Bertz CT molecular complexity index is 571. The highest BCUT2D eigenvalue weighted by Gasteiger charge is 2.14. The number of benzene rings is 1. The molecule has 2 aromatic rings. The van der Waals surface area contributed by atoms with E-state index in [1.807, 2.05) is 37.3 Å². The lowest BCUT2D eigenvalue weighted by Gasteiger charge is -2.17. The summed E-state index contributed by atoms with van der Waals surface area (Å²) in [5.41, 5.74) is 4.57. The predicted molar refractivity (Wildman–Crippen MR) is 79.0 cm³/mol. The van der Waals surface area contributed by atoms with Gasteiger partial charge in [-0.2, -0.15) is 0 Å². The first-order valence-corrected chi connectivity index (χ1v) is 6.53. The highest BCUT2D eigenvalue weighted by molar-refractivity contribution is 5.93. The molecule has 1 aromatic carbocycles. The number of hydrogen-bond donors (Lipinski definition) is 3. The normalized spacial score (nSPS) is 11.7. The Morgan fingerprint density at radius 2 is 2.05 bits per heavy atom. The van der Waals surface area contributed by atoms with Crippen molar-refractivity contribution in [1.82, 2.24) is 10.3 Å². The summed E-state index contributed by atoms with van der Waals surface area (Å²) in [4.78, 5) is 16.3. The van der Waals surface area contributed by atoms with Gasteiger partial charge in [0, 0.05) is 6.20 Å². The van der Waals surface area contributed by atoms with Crippen LogP contribution < -0.4 is 16.6 Å². The van der Waals surface area contributed by atoms with E-state index in [0.29, 0.717) is 11.4 Å². The second-order valence-electron chi connectivity index (χ2n) is 4.42. The first-order valence-electron chi connectivity index (χ1n) is 6.53. The smallest absolute Gasteiger partial charge is 0.270 e. The molecule has 2 rings (SSSR count). The summed E-state index contributed by atoms with van der Waals surface area (Å²) in [6.45, 7) is 2.03. The molecule has 20 heavy (non-hydrogen) atoms. The molecular formula is C15H18N4O. The molecule has 1 atom stereocenters. The first kappa shape index (κ1) is 14.0. The van der Waals surface area contributed by atoms with Crippen molar-refractivity contribution in [2.75, 3.05) is 5.43 Å². The molecule has 0 aliphatic heterocycles. The lowest BCUT2D eigenvalue weighted by Crippen LogP contribution is -2.29. The SMILES string of the molecule is CCC(NC(=O)c1cc(NN)ccn1)c1ccccc1. The van der Waals surface area contributed by atoms with Crippen LogP contribution in [0.25, 0.3) is 0 Å². The average molecular weight is 270 g/mol. The van der Waals surface area contributed by atoms with Crippen molar-refractivity contribution < 1.29 is 4.79 Å². The highest BCUT2D eigenvalue weighted by atomic mass is 16.1. The van der Waals surface area contributed by atoms with E-state index in [0.717, 1.165) is 12.0 Å². The number of pyridine rings is 1. The Labute approximate surface area is 118 Å². The Morgan fingerprint density at radius 1 is 1.30 bits per heavy atom. The fourth-order valence-electron chi connectivity index (χ4n) is 1.98. The third-order valence-electron chi connectivity index (χ3n) is 3.07. The zero-order chi connectivity index (χ0) is 14.4. The summed E-state index contributed by atoms with van der Waals surface area (Å²) < 4.78 is 0. The van der Waals surface area contributed by atoms with Crippen LogP contribution in [-0.2, 0) is 0 Å². The third-order valence-corrected chi connectivity index (χ3v) is 3.07. The summed E-state index contributed by atoms with van der Waals surface area (Å²) in [5, 5.41) is 2.98. The number of carbonyl (C=O) groups is 1. The zero-order valence-corrected chi connectivity index (χ0v) is 11.3. The van der Waals surface area contributed by atoms with Gasteiger partial charge >= 0.3 is 0 Å². The number of nitrogens with one attached hydrogen (secondary N) is 2. The average Bonchev–Trinajstić information content (AvgIpc) is 2.53. The third kappa shape index (κ3) is 3.33. The molecule has 0 spiro atoms. The summed E-state index contributed by atoms with van der Waals surface area (Å²) in [6.07, 6.45) is 2.36. The number of aromatic nitrogens is 1. The molecule has 1 unspecified atom stereocenters. The van der Waals surface area contributed by atoms with Crippen LogP contribution in [0, 0.1) is 0 Å². The molecule has 0 fully saturated rings. The first-order chi connectivity index (χ1) is 9.74. The van der Waals surface area contributed by atoms with E-state index in [9.17, 15) is 4.79 Å². The minimum absolute atomic E-state index is 0.0278. The van der Waals surface area contributed by atoms with Gasteiger partial charge in [-0.15, -0.1) is 0 Å². The van der Waals surface area contributed by atoms with Gasteiger partial charge in [0.1, 0.15) is 5.69 Å². The van der Waals surface area contributed by atoms with Crippen molar-refractivity contribution in [2.45, 2.75) is 19.4 Å². The zero-order valence-electron chi connectivity index (χ0n) is 11.3. The monoisotopic (exact) mass is 270 g/mol. The number of nitrogens with zero attached hydrogens (tertiary/aromatic N) is 1. The van der Waals surface area contributed by atoms with E-state index in [2.05, 4.69) is 15.7 Å². The molecule has 5 nitrogen and oxygen atoms in total. The van der Waals surface area contributed by atoms with Crippen LogP contribution in [0.5, 0.6) is 0 Å². The molecule has 1 aromatic heterocycles. The van der Waals surface area contributed by atoms with E-state index < -0.39 is 0 Å². The quantitative estimate of drug-likeness (QED) is 0.575. The molecule has 0 bridgehead atoms. The van der Waals surface area contributed by atoms with Crippen LogP contribution in [0.1, 0.15) is 35.4 Å². The Hall–Kier alpha value is -2.40. The Balaban J connectivity index is 2.13. The van der Waals surface area contributed by atoms with Crippen molar-refractivity contribution in [3.8, 4) is 0 Å². The molecule has 104 valence electrons. The van der Waals surface area contributed by atoms with Crippen molar-refractivity contribution in [3.05, 3.63) is 59.9 Å². The number of carbonyl (C=O) groups excluding carboxylic acids is 1. The van der Waals surface area contributed by atoms with E-state index in [-0.39, 0.29) is 11.9 Å². The summed E-state index contributed by atoms with van der Waals surface area (Å²) >= 11 is 0. The molecule has 0 saturated heterocycles. The number of hydrogen-bond acceptors (Lipinski definition) is 4. The van der Waals surface area contributed by atoms with Crippen LogP contribution in [0.3, 0.4) is 0 Å². The summed E-state index contributed by atoms with van der Waals surface area (Å²) in [6, 6.07) is 13.2. The maximum Gasteiger partial charge on any atom is 0.270 e. The van der Waals surface area contributed by atoms with Gasteiger partial charge in [0.15, 0.2) is 0 Å². The number of nitrogens with two attached hydrogens (primary N) is 1. The maximum atomic E-state index is 12.2. The Morgan fingerprint density at radius 3 is 2.70 bits per heavy atom. The molecular weight excluding hydrogens is 252 g/mol. The van der Waals surface area contributed by atoms with Gasteiger partial charge in [-0.3, -0.25) is 15.6 Å². The van der Waals surface area contributed by atoms with Gasteiger partial charge in [0.05, 0.1) is 11.7 Å². The molecule has 0 saturated carbocycles. The fraction of sp³-hybridized carbons (Fsp3) is 0.200. The number of hydrazine groups is 1. The Kier molecular flexibility index (Phi) is 4.68. The molecule has 0 aliphatic carbocycles. The van der Waals surface area contributed by atoms with E-state index in [1.54, 1.807) is 18.3 Å². The van der Waals surface area contributed by atoms with Gasteiger partial charge < -0.3 is 10.7 Å². The van der Waals surface area contributed by atoms with Gasteiger partial charge in [0.2, 0.25) is 0 Å². The van der Waals surface area contributed by atoms with Crippen molar-refractivity contribution >= 4 is 11.6 Å². The van der Waals surface area contributed by atoms with Gasteiger partial charge in [-0.25, -0.2) is 0 Å². The lowest BCUT2D eigenvalue weighted by molar-refractivity contribution is 0.0930. The van der Waals surface area contributed by atoms with Gasteiger partial charge in [-0.05, 0) is 24.1 Å². The molecule has 0 radical (unpaired) electrons. The summed E-state index contributed by atoms with van der Waals surface area (Å²) in [7, 11) is 0. The standard InChI is InChI=1S/C15H18N4O/c1-2-13(11-6-4-3-5-7-11)18-15(20)14-10-12(19-16)8-9-17-14/h3-10,13H,2,16H2,1H3,(H,17,19)(H,18,20). The van der Waals surface area contributed by atoms with Crippen LogP contribution in [0.15, 0.2) is 48.7 Å². The van der Waals surface area contributed by atoms with Crippen LogP contribution in [0.4, 0.5) is 5.69 Å². The molecule has 1 heterocycles. The van der Waals surface area contributed by atoms with E-state index in [4.69, 9.17) is 5.84 Å².